The number of rotatable bonds is 7. The number of furan rings is 1. The minimum atomic E-state index is -0.730. The molecule has 10 nitrogen and oxygen atoms in total. The van der Waals surface area contributed by atoms with Gasteiger partial charge in [-0.15, -0.1) is 0 Å². The number of nitrogens with zero attached hydrogens (tertiary/aromatic N) is 3. The van der Waals surface area contributed by atoms with Crippen LogP contribution in [0.5, 0.6) is 5.75 Å². The Morgan fingerprint density at radius 3 is 2.65 bits per heavy atom. The van der Waals surface area contributed by atoms with E-state index in [4.69, 9.17) is 13.9 Å². The van der Waals surface area contributed by atoms with Crippen molar-refractivity contribution in [3.63, 3.8) is 0 Å². The predicted molar refractivity (Wildman–Crippen MR) is 152 cm³/mol. The van der Waals surface area contributed by atoms with Crippen molar-refractivity contribution in [2.45, 2.75) is 19.9 Å². The topological polar surface area (TPSA) is 126 Å². The second-order valence-corrected chi connectivity index (χ2v) is 10.6. The lowest BCUT2D eigenvalue weighted by Gasteiger charge is -2.24. The van der Waals surface area contributed by atoms with E-state index in [2.05, 4.69) is 20.9 Å². The molecule has 0 saturated carbocycles. The van der Waals surface area contributed by atoms with Gasteiger partial charge >= 0.3 is 5.97 Å². The Morgan fingerprint density at radius 2 is 1.98 bits per heavy atom. The molecule has 0 bridgehead atoms. The Kier molecular flexibility index (Phi) is 7.55. The van der Waals surface area contributed by atoms with Gasteiger partial charge < -0.3 is 13.9 Å². The lowest BCUT2D eigenvalue weighted by molar-refractivity contribution is -0.384. The van der Waals surface area contributed by atoms with Gasteiger partial charge in [0.25, 0.3) is 11.2 Å². The third-order valence-electron chi connectivity index (χ3n) is 6.26. The van der Waals surface area contributed by atoms with Crippen LogP contribution in [0.25, 0.3) is 17.4 Å². The van der Waals surface area contributed by atoms with E-state index < -0.39 is 16.9 Å². The third kappa shape index (κ3) is 5.03. The van der Waals surface area contributed by atoms with Crippen LogP contribution in [0.3, 0.4) is 0 Å². The number of fused-ring (bicyclic) bond motifs is 1. The molecule has 1 atom stereocenters. The number of allylic oxidation sites excluding steroid dienone is 1. The van der Waals surface area contributed by atoms with Crippen LogP contribution in [-0.4, -0.2) is 29.2 Å². The van der Waals surface area contributed by atoms with Crippen molar-refractivity contribution >= 4 is 45.0 Å². The number of aromatic nitrogens is 1. The molecule has 0 aliphatic carbocycles. The molecule has 0 amide bonds. The zero-order valence-corrected chi connectivity index (χ0v) is 23.9. The molecular weight excluding hydrogens is 602 g/mol. The number of thiazole rings is 1. The van der Waals surface area contributed by atoms with Gasteiger partial charge in [-0.2, -0.15) is 0 Å². The summed E-state index contributed by atoms with van der Waals surface area (Å²) >= 11 is 4.60. The average molecular weight is 624 g/mol. The molecule has 1 aliphatic heterocycles. The van der Waals surface area contributed by atoms with Gasteiger partial charge in [0.05, 0.1) is 46.0 Å². The molecule has 40 heavy (non-hydrogen) atoms. The number of carbonyl (C=O) groups is 1. The number of esters is 1. The Balaban J connectivity index is 1.63. The van der Waals surface area contributed by atoms with Gasteiger partial charge in [-0.05, 0) is 49.7 Å². The molecule has 2 aromatic carbocycles. The summed E-state index contributed by atoms with van der Waals surface area (Å²) < 4.78 is 19.3. The van der Waals surface area contributed by atoms with Crippen molar-refractivity contribution in [3.8, 4) is 17.1 Å². The van der Waals surface area contributed by atoms with E-state index in [0.717, 1.165) is 10.0 Å². The van der Waals surface area contributed by atoms with E-state index >= 15 is 0 Å². The van der Waals surface area contributed by atoms with Gasteiger partial charge in [-0.1, -0.05) is 39.4 Å². The molecule has 0 saturated heterocycles. The number of carbonyl (C=O) groups excluding carboxylic acids is 1. The molecule has 4 aromatic rings. The summed E-state index contributed by atoms with van der Waals surface area (Å²) in [6.45, 7) is 3.63. The van der Waals surface area contributed by atoms with E-state index in [1.807, 2.05) is 24.3 Å². The standard InChI is InChI=1S/C28H22BrN3O7S/c1-4-38-27(34)24-15(2)30-28-31(25(24)16-5-7-17(29)8-6-16)26(33)23(40-28)14-19-10-12-22(39-19)20-13-18(32(35)36)9-11-21(20)37-3/h5-14,25H,4H2,1-3H3/b23-14-/t25-/m1/s1. The first-order valence-corrected chi connectivity index (χ1v) is 13.7. The largest absolute Gasteiger partial charge is 0.496 e. The first-order valence-electron chi connectivity index (χ1n) is 12.1. The number of nitro groups is 1. The average Bonchev–Trinajstić information content (AvgIpc) is 3.52. The first-order chi connectivity index (χ1) is 19.2. The van der Waals surface area contributed by atoms with Gasteiger partial charge in [-0.3, -0.25) is 19.5 Å². The van der Waals surface area contributed by atoms with Crippen LogP contribution in [0, 0.1) is 10.1 Å². The highest BCUT2D eigenvalue weighted by Gasteiger charge is 2.33. The summed E-state index contributed by atoms with van der Waals surface area (Å²) in [4.78, 5) is 42.5. The molecule has 1 aliphatic rings. The number of hydrogen-bond donors (Lipinski definition) is 0. The maximum Gasteiger partial charge on any atom is 0.338 e. The fraction of sp³-hybridized carbons (Fsp3) is 0.179. The molecule has 0 fully saturated rings. The Labute approximate surface area is 239 Å². The van der Waals surface area contributed by atoms with Gasteiger partial charge in [0, 0.05) is 22.7 Å². The Morgan fingerprint density at radius 1 is 1.23 bits per heavy atom. The second-order valence-electron chi connectivity index (χ2n) is 8.70. The van der Waals surface area contributed by atoms with Crippen molar-refractivity contribution in [1.82, 2.24) is 4.57 Å². The van der Waals surface area contributed by atoms with Crippen molar-refractivity contribution in [2.75, 3.05) is 13.7 Å². The molecule has 2 aromatic heterocycles. The number of ether oxygens (including phenoxy) is 2. The lowest BCUT2D eigenvalue weighted by atomic mass is 9.96. The molecule has 5 rings (SSSR count). The van der Waals surface area contributed by atoms with Crippen molar-refractivity contribution < 1.29 is 23.6 Å². The zero-order chi connectivity index (χ0) is 28.6. The van der Waals surface area contributed by atoms with E-state index in [1.165, 1.54) is 41.2 Å². The number of nitro benzene ring substituents is 1. The number of benzene rings is 2. The molecule has 204 valence electrons. The monoisotopic (exact) mass is 623 g/mol. The normalized spacial score (nSPS) is 15.0. The summed E-state index contributed by atoms with van der Waals surface area (Å²) in [5.41, 5.74) is 1.44. The van der Waals surface area contributed by atoms with E-state index in [0.29, 0.717) is 43.4 Å². The van der Waals surface area contributed by atoms with Gasteiger partial charge in [0.1, 0.15) is 17.3 Å². The number of hydrogen-bond acceptors (Lipinski definition) is 9. The SMILES string of the molecule is CCOC(=O)C1=C(C)N=c2s/c(=C\c3ccc(-c4cc([N+](=O)[O-])ccc4OC)o3)c(=O)n2[C@@H]1c1ccc(Br)cc1. The van der Waals surface area contributed by atoms with Crippen LogP contribution in [0.1, 0.15) is 31.2 Å². The minimum Gasteiger partial charge on any atom is -0.496 e. The lowest BCUT2D eigenvalue weighted by Crippen LogP contribution is -2.39. The number of non-ortho nitro benzene ring substituents is 1. The molecule has 0 radical (unpaired) electrons. The number of halogens is 1. The summed E-state index contributed by atoms with van der Waals surface area (Å²) in [5, 5.41) is 11.3. The van der Waals surface area contributed by atoms with Gasteiger partial charge in [-0.25, -0.2) is 9.79 Å². The quantitative estimate of drug-likeness (QED) is 0.165. The van der Waals surface area contributed by atoms with E-state index in [1.54, 1.807) is 32.1 Å². The maximum atomic E-state index is 13.8. The zero-order valence-electron chi connectivity index (χ0n) is 21.5. The molecule has 0 N–H and O–H groups in total. The van der Waals surface area contributed by atoms with Crippen molar-refractivity contribution in [1.29, 1.82) is 0 Å². The summed E-state index contributed by atoms with van der Waals surface area (Å²) in [6, 6.07) is 14.2. The third-order valence-corrected chi connectivity index (χ3v) is 7.77. The van der Waals surface area contributed by atoms with Crippen LogP contribution in [0.2, 0.25) is 0 Å². The van der Waals surface area contributed by atoms with Crippen LogP contribution in [0.4, 0.5) is 5.69 Å². The highest BCUT2D eigenvalue weighted by Crippen LogP contribution is 2.35. The van der Waals surface area contributed by atoms with Crippen molar-refractivity contribution in [2.24, 2.45) is 4.99 Å². The highest BCUT2D eigenvalue weighted by atomic mass is 79.9. The maximum absolute atomic E-state index is 13.8. The summed E-state index contributed by atoms with van der Waals surface area (Å²) in [6.07, 6.45) is 1.58. The number of methoxy groups -OCH3 is 1. The summed E-state index contributed by atoms with van der Waals surface area (Å²) in [5.74, 6) is 0.568. The Bertz CT molecular complexity index is 1850. The van der Waals surface area contributed by atoms with Crippen LogP contribution < -0.4 is 19.6 Å². The van der Waals surface area contributed by atoms with E-state index in [9.17, 15) is 19.7 Å². The predicted octanol–water partition coefficient (Wildman–Crippen LogP) is 4.74. The first kappa shape index (κ1) is 27.3. The van der Waals surface area contributed by atoms with Crippen LogP contribution in [-0.2, 0) is 9.53 Å². The fourth-order valence-electron chi connectivity index (χ4n) is 4.46. The van der Waals surface area contributed by atoms with Gasteiger partial charge in [0.2, 0.25) is 0 Å². The second kappa shape index (κ2) is 11.1. The van der Waals surface area contributed by atoms with Crippen LogP contribution in [0.15, 0.2) is 84.5 Å². The smallest absolute Gasteiger partial charge is 0.338 e. The van der Waals surface area contributed by atoms with E-state index in [-0.39, 0.29) is 17.9 Å². The molecule has 12 heteroatoms. The van der Waals surface area contributed by atoms with Gasteiger partial charge in [0.15, 0.2) is 4.80 Å². The van der Waals surface area contributed by atoms with Crippen molar-refractivity contribution in [3.05, 3.63) is 111 Å². The molecular formula is C28H22BrN3O7S. The molecule has 3 heterocycles. The minimum absolute atomic E-state index is 0.109. The molecule has 0 unspecified atom stereocenters. The Hall–Kier alpha value is -4.29. The fourth-order valence-corrected chi connectivity index (χ4v) is 5.75. The van der Waals surface area contributed by atoms with Crippen LogP contribution >= 0.6 is 27.3 Å². The highest BCUT2D eigenvalue weighted by molar-refractivity contribution is 9.10. The summed E-state index contributed by atoms with van der Waals surface area (Å²) in [7, 11) is 1.46. The molecule has 0 spiro atoms.